The van der Waals surface area contributed by atoms with Crippen molar-refractivity contribution in [1.29, 1.82) is 0 Å². The van der Waals surface area contributed by atoms with Crippen LogP contribution in [0.1, 0.15) is 32.1 Å². The van der Waals surface area contributed by atoms with Gasteiger partial charge in [0.15, 0.2) is 0 Å². The molecule has 23 heavy (non-hydrogen) atoms. The lowest BCUT2D eigenvalue weighted by atomic mass is 9.98. The molecular formula is C17H24N2O4. The van der Waals surface area contributed by atoms with E-state index in [1.807, 2.05) is 29.2 Å². The lowest BCUT2D eigenvalue weighted by Gasteiger charge is -2.36. The Balaban J connectivity index is 1.93. The molecule has 0 radical (unpaired) electrons. The number of nitrogens with one attached hydrogen (secondary N) is 1. The van der Waals surface area contributed by atoms with Crippen LogP contribution in [-0.4, -0.2) is 48.1 Å². The fourth-order valence-corrected chi connectivity index (χ4v) is 2.98. The van der Waals surface area contributed by atoms with Gasteiger partial charge >= 0.3 is 5.97 Å². The minimum Gasteiger partial charge on any atom is -0.495 e. The molecule has 0 bridgehead atoms. The number of aliphatic carboxylic acids is 1. The van der Waals surface area contributed by atoms with Crippen molar-refractivity contribution in [3.05, 3.63) is 24.3 Å². The van der Waals surface area contributed by atoms with Crippen LogP contribution >= 0.6 is 0 Å². The molecule has 1 aliphatic heterocycles. The van der Waals surface area contributed by atoms with Gasteiger partial charge in [0.2, 0.25) is 5.91 Å². The van der Waals surface area contributed by atoms with E-state index in [4.69, 9.17) is 9.84 Å². The predicted molar refractivity (Wildman–Crippen MR) is 87.7 cm³/mol. The van der Waals surface area contributed by atoms with E-state index in [1.165, 1.54) is 0 Å². The van der Waals surface area contributed by atoms with Crippen LogP contribution in [0.25, 0.3) is 0 Å². The number of ether oxygens (including phenoxy) is 1. The number of anilines is 1. The highest BCUT2D eigenvalue weighted by Crippen LogP contribution is 2.24. The molecule has 1 aliphatic rings. The number of methoxy groups -OCH3 is 1. The average Bonchev–Trinajstić information content (AvgIpc) is 2.58. The molecule has 0 aliphatic carbocycles. The van der Waals surface area contributed by atoms with Crippen LogP contribution in [0.4, 0.5) is 5.69 Å². The zero-order valence-electron chi connectivity index (χ0n) is 13.5. The summed E-state index contributed by atoms with van der Waals surface area (Å²) in [6.07, 6.45) is 3.54. The Hall–Kier alpha value is -2.24. The molecule has 1 aromatic carbocycles. The number of hydrogen-bond donors (Lipinski definition) is 2. The molecule has 1 aromatic rings. The largest absolute Gasteiger partial charge is 0.495 e. The van der Waals surface area contributed by atoms with Crippen molar-refractivity contribution in [3.63, 3.8) is 0 Å². The van der Waals surface area contributed by atoms with Crippen LogP contribution in [0, 0.1) is 0 Å². The Bertz CT molecular complexity index is 547. The zero-order chi connectivity index (χ0) is 16.7. The van der Waals surface area contributed by atoms with Gasteiger partial charge in [-0.25, -0.2) is 0 Å². The topological polar surface area (TPSA) is 78.9 Å². The SMILES string of the molecule is COc1ccccc1NCC(=O)N1CCCCC1CCC(=O)O. The summed E-state index contributed by atoms with van der Waals surface area (Å²) in [5.41, 5.74) is 0.780. The van der Waals surface area contributed by atoms with E-state index >= 15 is 0 Å². The third kappa shape index (κ3) is 4.87. The maximum absolute atomic E-state index is 12.5. The number of carbonyl (C=O) groups is 2. The van der Waals surface area contributed by atoms with Crippen molar-refractivity contribution in [2.75, 3.05) is 25.5 Å². The number of benzene rings is 1. The summed E-state index contributed by atoms with van der Waals surface area (Å²) in [6.45, 7) is 0.890. The summed E-state index contributed by atoms with van der Waals surface area (Å²) in [5.74, 6) is -0.109. The summed E-state index contributed by atoms with van der Waals surface area (Å²) in [7, 11) is 1.59. The molecule has 1 amide bonds. The van der Waals surface area contributed by atoms with Crippen LogP contribution in [0.5, 0.6) is 5.75 Å². The van der Waals surface area contributed by atoms with Crippen molar-refractivity contribution in [3.8, 4) is 5.75 Å². The van der Waals surface area contributed by atoms with Gasteiger partial charge in [0, 0.05) is 19.0 Å². The standard InChI is InChI=1S/C17H24N2O4/c1-23-15-8-3-2-7-14(15)18-12-16(20)19-11-5-4-6-13(19)9-10-17(21)22/h2-3,7-8,13,18H,4-6,9-12H2,1H3,(H,21,22). The number of hydrogen-bond acceptors (Lipinski definition) is 4. The molecule has 126 valence electrons. The van der Waals surface area contributed by atoms with Gasteiger partial charge in [-0.15, -0.1) is 0 Å². The lowest BCUT2D eigenvalue weighted by Crippen LogP contribution is -2.46. The molecule has 2 rings (SSSR count). The molecule has 1 heterocycles. The van der Waals surface area contributed by atoms with Gasteiger partial charge in [0.05, 0.1) is 19.3 Å². The molecule has 0 saturated carbocycles. The molecule has 0 spiro atoms. The van der Waals surface area contributed by atoms with Gasteiger partial charge in [-0.05, 0) is 37.8 Å². The Morgan fingerprint density at radius 1 is 1.35 bits per heavy atom. The first-order valence-corrected chi connectivity index (χ1v) is 8.00. The quantitative estimate of drug-likeness (QED) is 0.806. The van der Waals surface area contributed by atoms with Crippen molar-refractivity contribution in [2.45, 2.75) is 38.1 Å². The number of amides is 1. The minimum atomic E-state index is -0.810. The molecule has 6 heteroatoms. The fraction of sp³-hybridized carbons (Fsp3) is 0.529. The molecule has 2 N–H and O–H groups in total. The predicted octanol–water partition coefficient (Wildman–Crippen LogP) is 2.35. The number of carboxylic acids is 1. The first kappa shape index (κ1) is 17.1. The molecular weight excluding hydrogens is 296 g/mol. The maximum Gasteiger partial charge on any atom is 0.303 e. The second-order valence-electron chi connectivity index (χ2n) is 5.72. The molecule has 0 aromatic heterocycles. The smallest absolute Gasteiger partial charge is 0.303 e. The van der Waals surface area contributed by atoms with Crippen molar-refractivity contribution < 1.29 is 19.4 Å². The van der Waals surface area contributed by atoms with Crippen LogP contribution in [0.15, 0.2) is 24.3 Å². The average molecular weight is 320 g/mol. The lowest BCUT2D eigenvalue weighted by molar-refractivity contribution is -0.139. The van der Waals surface area contributed by atoms with E-state index in [9.17, 15) is 9.59 Å². The van der Waals surface area contributed by atoms with E-state index in [1.54, 1.807) is 7.11 Å². The highest BCUT2D eigenvalue weighted by molar-refractivity contribution is 5.82. The molecule has 1 unspecified atom stereocenters. The van der Waals surface area contributed by atoms with E-state index in [0.29, 0.717) is 18.7 Å². The van der Waals surface area contributed by atoms with Gasteiger partial charge in [-0.1, -0.05) is 12.1 Å². The summed E-state index contributed by atoms with van der Waals surface area (Å²) < 4.78 is 5.26. The number of likely N-dealkylation sites (tertiary alicyclic amines) is 1. The second kappa shape index (κ2) is 8.41. The second-order valence-corrected chi connectivity index (χ2v) is 5.72. The monoisotopic (exact) mass is 320 g/mol. The van der Waals surface area contributed by atoms with E-state index < -0.39 is 5.97 Å². The first-order chi connectivity index (χ1) is 11.1. The van der Waals surface area contributed by atoms with Gasteiger partial charge in [0.25, 0.3) is 0 Å². The van der Waals surface area contributed by atoms with Crippen LogP contribution in [-0.2, 0) is 9.59 Å². The molecule has 1 saturated heterocycles. The summed E-state index contributed by atoms with van der Waals surface area (Å²) in [6, 6.07) is 7.49. The van der Waals surface area contributed by atoms with Gasteiger partial charge in [-0.2, -0.15) is 0 Å². The van der Waals surface area contributed by atoms with Crippen molar-refractivity contribution >= 4 is 17.6 Å². The van der Waals surface area contributed by atoms with Gasteiger partial charge < -0.3 is 20.1 Å². The Labute approximate surface area is 136 Å². The Morgan fingerprint density at radius 2 is 2.13 bits per heavy atom. The van der Waals surface area contributed by atoms with Crippen LogP contribution in [0.2, 0.25) is 0 Å². The third-order valence-corrected chi connectivity index (χ3v) is 4.18. The number of piperidine rings is 1. The Morgan fingerprint density at radius 3 is 2.87 bits per heavy atom. The number of carbonyl (C=O) groups excluding carboxylic acids is 1. The van der Waals surface area contributed by atoms with E-state index in [-0.39, 0.29) is 24.9 Å². The summed E-state index contributed by atoms with van der Waals surface area (Å²) >= 11 is 0. The third-order valence-electron chi connectivity index (χ3n) is 4.18. The van der Waals surface area contributed by atoms with E-state index in [2.05, 4.69) is 5.32 Å². The minimum absolute atomic E-state index is 0.00555. The first-order valence-electron chi connectivity index (χ1n) is 8.00. The summed E-state index contributed by atoms with van der Waals surface area (Å²) in [5, 5.41) is 12.0. The molecule has 6 nitrogen and oxygen atoms in total. The van der Waals surface area contributed by atoms with Crippen molar-refractivity contribution in [1.82, 2.24) is 4.90 Å². The van der Waals surface area contributed by atoms with Crippen molar-refractivity contribution in [2.24, 2.45) is 0 Å². The fourth-order valence-electron chi connectivity index (χ4n) is 2.98. The number of carboxylic acid groups (broad SMARTS) is 1. The highest BCUT2D eigenvalue weighted by atomic mass is 16.5. The molecule has 1 atom stereocenters. The van der Waals surface area contributed by atoms with Crippen LogP contribution < -0.4 is 10.1 Å². The summed E-state index contributed by atoms with van der Waals surface area (Å²) in [4.78, 5) is 25.1. The normalized spacial score (nSPS) is 17.6. The van der Waals surface area contributed by atoms with Crippen LogP contribution in [0.3, 0.4) is 0 Å². The Kier molecular flexibility index (Phi) is 6.26. The van der Waals surface area contributed by atoms with Gasteiger partial charge in [-0.3, -0.25) is 9.59 Å². The number of nitrogens with zero attached hydrogens (tertiary/aromatic N) is 1. The zero-order valence-corrected chi connectivity index (χ0v) is 13.5. The maximum atomic E-state index is 12.5. The number of para-hydroxylation sites is 2. The number of rotatable bonds is 7. The molecule has 1 fully saturated rings. The van der Waals surface area contributed by atoms with E-state index in [0.717, 1.165) is 24.9 Å². The highest BCUT2D eigenvalue weighted by Gasteiger charge is 2.26. The van der Waals surface area contributed by atoms with Gasteiger partial charge in [0.1, 0.15) is 5.75 Å².